The summed E-state index contributed by atoms with van der Waals surface area (Å²) in [4.78, 5) is 15.7. The van der Waals surface area contributed by atoms with Crippen LogP contribution in [-0.4, -0.2) is 23.2 Å². The molecule has 146 valence electrons. The molecule has 28 heavy (non-hydrogen) atoms. The van der Waals surface area contributed by atoms with Crippen LogP contribution in [0.4, 0.5) is 0 Å². The predicted octanol–water partition coefficient (Wildman–Crippen LogP) is 4.58. The molecule has 0 amide bonds. The van der Waals surface area contributed by atoms with Crippen LogP contribution in [0.2, 0.25) is 0 Å². The minimum absolute atomic E-state index is 0.216. The van der Waals surface area contributed by atoms with Gasteiger partial charge in [0, 0.05) is 11.8 Å². The van der Waals surface area contributed by atoms with E-state index in [1.165, 1.54) is 7.11 Å². The van der Waals surface area contributed by atoms with Crippen molar-refractivity contribution in [2.45, 2.75) is 38.4 Å². The Bertz CT molecular complexity index is 925. The molecule has 5 nitrogen and oxygen atoms in total. The number of ether oxygens (including phenoxy) is 2. The molecule has 3 aromatic rings. The van der Waals surface area contributed by atoms with Gasteiger partial charge in [-0.25, -0.2) is 4.98 Å². The Kier molecular flexibility index (Phi) is 6.98. The van der Waals surface area contributed by atoms with E-state index in [1.807, 2.05) is 60.7 Å². The molecule has 1 heterocycles. The molecule has 5 heteroatoms. The summed E-state index contributed by atoms with van der Waals surface area (Å²) in [6, 6.07) is 19.4. The normalized spacial score (nSPS) is 11.9. The average molecular weight is 379 g/mol. The van der Waals surface area contributed by atoms with Crippen LogP contribution in [-0.2, 0) is 16.1 Å². The van der Waals surface area contributed by atoms with Crippen LogP contribution in [0, 0.1) is 0 Å². The first-order valence-electron chi connectivity index (χ1n) is 9.48. The highest BCUT2D eigenvalue weighted by molar-refractivity contribution is 5.78. The molecule has 1 N–H and O–H groups in total. The first kappa shape index (κ1) is 19.8. The Balaban J connectivity index is 1.54. The number of rotatable bonds is 9. The van der Waals surface area contributed by atoms with Crippen molar-refractivity contribution in [3.8, 4) is 5.75 Å². The minimum Gasteiger partial charge on any atom is -0.487 e. The Morgan fingerprint density at radius 3 is 2.79 bits per heavy atom. The second-order valence-electron chi connectivity index (χ2n) is 6.69. The Hall–Kier alpha value is -2.92. The van der Waals surface area contributed by atoms with Gasteiger partial charge in [0.2, 0.25) is 0 Å². The topological polar surface area (TPSA) is 68.7 Å². The molecule has 1 unspecified atom stereocenters. The van der Waals surface area contributed by atoms with E-state index >= 15 is 0 Å². The Morgan fingerprint density at radius 2 is 1.93 bits per heavy atom. The molecule has 0 bridgehead atoms. The van der Waals surface area contributed by atoms with Crippen LogP contribution in [0.1, 0.15) is 43.0 Å². The highest BCUT2D eigenvalue weighted by Crippen LogP contribution is 2.24. The maximum Gasteiger partial charge on any atom is 0.305 e. The number of aromatic nitrogens is 1. The first-order chi connectivity index (χ1) is 13.7. The van der Waals surface area contributed by atoms with Crippen LogP contribution >= 0.6 is 0 Å². The summed E-state index contributed by atoms with van der Waals surface area (Å²) in [6.45, 7) is 0.365. The Morgan fingerprint density at radius 1 is 1.07 bits per heavy atom. The van der Waals surface area contributed by atoms with E-state index < -0.39 is 6.10 Å². The average Bonchev–Trinajstić information content (AvgIpc) is 2.75. The van der Waals surface area contributed by atoms with Gasteiger partial charge >= 0.3 is 5.97 Å². The number of unbranched alkanes of at least 4 members (excludes halogenated alkanes) is 1. The molecule has 0 aliphatic rings. The molecule has 1 atom stereocenters. The van der Waals surface area contributed by atoms with Crippen LogP contribution in [0.15, 0.2) is 60.7 Å². The van der Waals surface area contributed by atoms with Crippen LogP contribution in [0.3, 0.4) is 0 Å². The highest BCUT2D eigenvalue weighted by atomic mass is 16.5. The number of carbonyl (C=O) groups is 1. The molecule has 0 aliphatic carbocycles. The van der Waals surface area contributed by atoms with Crippen molar-refractivity contribution >= 4 is 16.9 Å². The smallest absolute Gasteiger partial charge is 0.305 e. The molecule has 1 aromatic heterocycles. The van der Waals surface area contributed by atoms with Gasteiger partial charge in [-0.15, -0.1) is 0 Å². The number of esters is 1. The highest BCUT2D eigenvalue weighted by Gasteiger charge is 2.10. The van der Waals surface area contributed by atoms with Gasteiger partial charge in [0.1, 0.15) is 12.4 Å². The molecular weight excluding hydrogens is 354 g/mol. The number of pyridine rings is 1. The number of methoxy groups -OCH3 is 1. The zero-order valence-electron chi connectivity index (χ0n) is 16.0. The zero-order chi connectivity index (χ0) is 19.8. The number of fused-ring (bicyclic) bond motifs is 1. The zero-order valence-corrected chi connectivity index (χ0v) is 16.0. The first-order valence-corrected chi connectivity index (χ1v) is 9.48. The fourth-order valence-corrected chi connectivity index (χ4v) is 3.03. The molecule has 0 radical (unpaired) electrons. The van der Waals surface area contributed by atoms with Crippen molar-refractivity contribution in [2.75, 3.05) is 7.11 Å². The van der Waals surface area contributed by atoms with Crippen molar-refractivity contribution in [3.63, 3.8) is 0 Å². The lowest BCUT2D eigenvalue weighted by atomic mass is 10.0. The maximum atomic E-state index is 11.1. The largest absolute Gasteiger partial charge is 0.487 e. The lowest BCUT2D eigenvalue weighted by molar-refractivity contribution is -0.140. The predicted molar refractivity (Wildman–Crippen MR) is 108 cm³/mol. The molecular formula is C23H25NO4. The molecule has 0 aliphatic heterocycles. The van der Waals surface area contributed by atoms with E-state index in [0.29, 0.717) is 31.6 Å². The van der Waals surface area contributed by atoms with Crippen LogP contribution < -0.4 is 4.74 Å². The third-order valence-electron chi connectivity index (χ3n) is 4.62. The van der Waals surface area contributed by atoms with E-state index in [2.05, 4.69) is 9.72 Å². The van der Waals surface area contributed by atoms with Gasteiger partial charge in [0.25, 0.3) is 0 Å². The number of hydrogen-bond donors (Lipinski definition) is 1. The monoisotopic (exact) mass is 379 g/mol. The van der Waals surface area contributed by atoms with Gasteiger partial charge in [0.05, 0.1) is 24.4 Å². The number of benzene rings is 2. The van der Waals surface area contributed by atoms with Crippen molar-refractivity contribution in [2.24, 2.45) is 0 Å². The fraction of sp³-hybridized carbons (Fsp3) is 0.304. The van der Waals surface area contributed by atoms with Gasteiger partial charge < -0.3 is 14.6 Å². The van der Waals surface area contributed by atoms with Crippen molar-refractivity contribution < 1.29 is 19.4 Å². The summed E-state index contributed by atoms with van der Waals surface area (Å²) in [6.07, 6.45) is 1.84. The summed E-state index contributed by atoms with van der Waals surface area (Å²) in [5.41, 5.74) is 2.61. The Labute approximate surface area is 164 Å². The summed E-state index contributed by atoms with van der Waals surface area (Å²) in [5.74, 6) is 0.480. The third kappa shape index (κ3) is 5.54. The number of carbonyl (C=O) groups excluding carboxylic acids is 1. The minimum atomic E-state index is -0.583. The number of aliphatic hydroxyl groups is 1. The number of nitrogens with zero attached hydrogens (tertiary/aromatic N) is 1. The van der Waals surface area contributed by atoms with E-state index in [9.17, 15) is 9.90 Å². The van der Waals surface area contributed by atoms with Gasteiger partial charge in [0.15, 0.2) is 0 Å². The second kappa shape index (κ2) is 9.85. The summed E-state index contributed by atoms with van der Waals surface area (Å²) >= 11 is 0. The van der Waals surface area contributed by atoms with Crippen molar-refractivity contribution in [1.82, 2.24) is 4.98 Å². The standard InChI is InChI=1S/C23H25NO4/c1-27-23(26)12-5-4-11-22(25)18-8-6-9-20(15-18)28-16-19-14-13-17-7-2-3-10-21(17)24-19/h2-3,6-10,13-15,22,25H,4-5,11-12,16H2,1H3. The van der Waals surface area contributed by atoms with E-state index in [4.69, 9.17) is 4.74 Å². The van der Waals surface area contributed by atoms with Crippen molar-refractivity contribution in [1.29, 1.82) is 0 Å². The maximum absolute atomic E-state index is 11.1. The lowest BCUT2D eigenvalue weighted by Gasteiger charge is -2.13. The molecule has 0 fully saturated rings. The quantitative estimate of drug-likeness (QED) is 0.435. The number of hydrogen-bond acceptors (Lipinski definition) is 5. The van der Waals surface area contributed by atoms with Crippen molar-refractivity contribution in [3.05, 3.63) is 71.9 Å². The van der Waals surface area contributed by atoms with Gasteiger partial charge in [-0.1, -0.05) is 36.4 Å². The third-order valence-corrected chi connectivity index (χ3v) is 4.62. The van der Waals surface area contributed by atoms with E-state index in [-0.39, 0.29) is 5.97 Å². The van der Waals surface area contributed by atoms with Gasteiger partial charge in [-0.3, -0.25) is 4.79 Å². The van der Waals surface area contributed by atoms with Crippen LogP contribution in [0.5, 0.6) is 5.75 Å². The number of para-hydroxylation sites is 1. The van der Waals surface area contributed by atoms with Gasteiger partial charge in [-0.2, -0.15) is 0 Å². The fourth-order valence-electron chi connectivity index (χ4n) is 3.03. The van der Waals surface area contributed by atoms with E-state index in [1.54, 1.807) is 0 Å². The second-order valence-corrected chi connectivity index (χ2v) is 6.69. The van der Waals surface area contributed by atoms with Gasteiger partial charge in [-0.05, 0) is 49.1 Å². The lowest BCUT2D eigenvalue weighted by Crippen LogP contribution is -2.02. The molecule has 0 spiro atoms. The summed E-state index contributed by atoms with van der Waals surface area (Å²) < 4.78 is 10.5. The van der Waals surface area contributed by atoms with E-state index in [0.717, 1.165) is 28.6 Å². The molecule has 2 aromatic carbocycles. The van der Waals surface area contributed by atoms with Crippen LogP contribution in [0.25, 0.3) is 10.9 Å². The number of aliphatic hydroxyl groups excluding tert-OH is 1. The SMILES string of the molecule is COC(=O)CCCCC(O)c1cccc(OCc2ccc3ccccc3n2)c1. The molecule has 0 saturated heterocycles. The molecule has 0 saturated carbocycles. The summed E-state index contributed by atoms with van der Waals surface area (Å²) in [5, 5.41) is 11.5. The molecule has 3 rings (SSSR count). The summed E-state index contributed by atoms with van der Waals surface area (Å²) in [7, 11) is 1.39.